The topological polar surface area (TPSA) is 68.6 Å². The monoisotopic (exact) mass is 368 g/mol. The van der Waals surface area contributed by atoms with E-state index in [0.717, 1.165) is 11.0 Å². The van der Waals surface area contributed by atoms with Gasteiger partial charge in [0.25, 0.3) is 5.56 Å². The lowest BCUT2D eigenvalue weighted by molar-refractivity contribution is -0.138. The Kier molecular flexibility index (Phi) is 5.49. The number of carbonyl (C=O) groups is 2. The lowest BCUT2D eigenvalue weighted by Gasteiger charge is -2.20. The first-order chi connectivity index (χ1) is 12.1. The Morgan fingerprint density at radius 3 is 2.42 bits per heavy atom. The number of amides is 1. The Morgan fingerprint density at radius 2 is 1.81 bits per heavy atom. The number of pyridine rings is 1. The molecule has 0 saturated carbocycles. The fraction of sp³-hybridized carbons (Fsp3) is 0.235. The number of rotatable bonds is 4. The first-order valence-electron chi connectivity index (χ1n) is 7.36. The van der Waals surface area contributed by atoms with Gasteiger partial charge in [-0.2, -0.15) is 13.2 Å². The summed E-state index contributed by atoms with van der Waals surface area (Å²) in [4.78, 5) is 37.1. The highest BCUT2D eigenvalue weighted by Crippen LogP contribution is 2.28. The van der Waals surface area contributed by atoms with Crippen molar-refractivity contribution in [2.45, 2.75) is 12.7 Å². The highest BCUT2D eigenvalue weighted by atomic mass is 19.4. The maximum absolute atomic E-state index is 12.8. The van der Waals surface area contributed by atoms with E-state index in [1.165, 1.54) is 26.3 Å². The molecular formula is C17H15F3N2O4. The Morgan fingerprint density at radius 1 is 1.15 bits per heavy atom. The zero-order valence-electron chi connectivity index (χ0n) is 13.9. The average Bonchev–Trinajstić information content (AvgIpc) is 2.61. The lowest BCUT2D eigenvalue weighted by atomic mass is 10.1. The van der Waals surface area contributed by atoms with E-state index in [-0.39, 0.29) is 11.3 Å². The predicted molar refractivity (Wildman–Crippen MR) is 86.9 cm³/mol. The van der Waals surface area contributed by atoms with Crippen molar-refractivity contribution in [2.75, 3.05) is 19.1 Å². The van der Waals surface area contributed by atoms with Crippen LogP contribution in [0.2, 0.25) is 0 Å². The molecule has 2 aromatic rings. The number of carbonyl (C=O) groups excluding carboxylic acids is 2. The number of likely N-dealkylation sites (N-methyl/N-ethyl adjacent to an activating group) is 1. The zero-order chi connectivity index (χ0) is 19.5. The maximum atomic E-state index is 12.8. The third-order valence-corrected chi connectivity index (χ3v) is 3.66. The Hall–Kier alpha value is -3.10. The van der Waals surface area contributed by atoms with Gasteiger partial charge in [-0.15, -0.1) is 0 Å². The molecule has 2 rings (SSSR count). The minimum absolute atomic E-state index is 0.113. The number of hydrogen-bond donors (Lipinski definition) is 0. The summed E-state index contributed by atoms with van der Waals surface area (Å²) in [5, 5.41) is 0. The number of alkyl halides is 3. The molecule has 1 amide bonds. The van der Waals surface area contributed by atoms with Crippen LogP contribution in [0, 0.1) is 0 Å². The van der Waals surface area contributed by atoms with Gasteiger partial charge < -0.3 is 14.2 Å². The molecular weight excluding hydrogens is 353 g/mol. The van der Waals surface area contributed by atoms with E-state index in [9.17, 15) is 27.6 Å². The molecule has 9 heteroatoms. The number of hydrogen-bond acceptors (Lipinski definition) is 4. The van der Waals surface area contributed by atoms with E-state index in [1.54, 1.807) is 12.1 Å². The minimum atomic E-state index is -4.64. The molecule has 0 saturated heterocycles. The molecule has 26 heavy (non-hydrogen) atoms. The fourth-order valence-corrected chi connectivity index (χ4v) is 2.26. The molecule has 0 aliphatic carbocycles. The largest absolute Gasteiger partial charge is 0.465 e. The van der Waals surface area contributed by atoms with Crippen molar-refractivity contribution in [1.29, 1.82) is 0 Å². The molecule has 0 fully saturated rings. The van der Waals surface area contributed by atoms with Crippen molar-refractivity contribution in [3.05, 3.63) is 64.1 Å². The van der Waals surface area contributed by atoms with Crippen molar-refractivity contribution in [2.24, 2.45) is 0 Å². The molecule has 1 heterocycles. The van der Waals surface area contributed by atoms with E-state index in [0.29, 0.717) is 16.8 Å². The van der Waals surface area contributed by atoms with Crippen molar-refractivity contribution >= 4 is 17.6 Å². The standard InChI is InChI=1S/C17H15F3N2O4/c1-21(13-6-4-3-5-12(13)16(25)26-2)15(24)10-22-9-11(17(18,19)20)7-8-14(22)23/h3-9H,10H2,1-2H3. The van der Waals surface area contributed by atoms with Crippen LogP contribution in [0.5, 0.6) is 0 Å². The van der Waals surface area contributed by atoms with Gasteiger partial charge in [0.2, 0.25) is 5.91 Å². The van der Waals surface area contributed by atoms with Gasteiger partial charge in [0.05, 0.1) is 23.9 Å². The predicted octanol–water partition coefficient (Wildman–Crippen LogP) is 2.32. The molecule has 6 nitrogen and oxygen atoms in total. The summed E-state index contributed by atoms with van der Waals surface area (Å²) < 4.78 is 43.6. The molecule has 0 N–H and O–H groups in total. The number of ether oxygens (including phenoxy) is 1. The summed E-state index contributed by atoms with van der Waals surface area (Å²) in [7, 11) is 2.53. The SMILES string of the molecule is COC(=O)c1ccccc1N(C)C(=O)Cn1cc(C(F)(F)F)ccc1=O. The van der Waals surface area contributed by atoms with Crippen LogP contribution in [-0.4, -0.2) is 30.6 Å². The van der Waals surface area contributed by atoms with Crippen molar-refractivity contribution in [3.8, 4) is 0 Å². The third-order valence-electron chi connectivity index (χ3n) is 3.66. The third kappa shape index (κ3) is 4.11. The van der Waals surface area contributed by atoms with Gasteiger partial charge in [0.1, 0.15) is 6.54 Å². The summed E-state index contributed by atoms with van der Waals surface area (Å²) in [6.45, 7) is -0.616. The van der Waals surface area contributed by atoms with Crippen LogP contribution in [0.4, 0.5) is 18.9 Å². The molecule has 0 atom stereocenters. The molecule has 0 aliphatic rings. The molecule has 1 aromatic carbocycles. The summed E-state index contributed by atoms with van der Waals surface area (Å²) in [5.74, 6) is -1.35. The van der Waals surface area contributed by atoms with Crippen molar-refractivity contribution < 1.29 is 27.5 Å². The van der Waals surface area contributed by atoms with Crippen LogP contribution in [0.15, 0.2) is 47.4 Å². The maximum Gasteiger partial charge on any atom is 0.417 e. The molecule has 138 valence electrons. The van der Waals surface area contributed by atoms with Crippen LogP contribution in [0.25, 0.3) is 0 Å². The van der Waals surface area contributed by atoms with Gasteiger partial charge in [-0.25, -0.2) is 4.79 Å². The second-order valence-corrected chi connectivity index (χ2v) is 5.34. The molecule has 0 bridgehead atoms. The van der Waals surface area contributed by atoms with Crippen LogP contribution >= 0.6 is 0 Å². The van der Waals surface area contributed by atoms with Crippen LogP contribution in [0.1, 0.15) is 15.9 Å². The Balaban J connectivity index is 2.32. The van der Waals surface area contributed by atoms with Crippen LogP contribution < -0.4 is 10.5 Å². The number of nitrogens with zero attached hydrogens (tertiary/aromatic N) is 2. The minimum Gasteiger partial charge on any atom is -0.465 e. The van der Waals surface area contributed by atoms with Gasteiger partial charge in [-0.1, -0.05) is 12.1 Å². The smallest absolute Gasteiger partial charge is 0.417 e. The van der Waals surface area contributed by atoms with E-state index >= 15 is 0 Å². The van der Waals surface area contributed by atoms with Crippen molar-refractivity contribution in [3.63, 3.8) is 0 Å². The van der Waals surface area contributed by atoms with Gasteiger partial charge in [0, 0.05) is 19.3 Å². The number of esters is 1. The molecule has 0 unspecified atom stereocenters. The number of anilines is 1. The fourth-order valence-electron chi connectivity index (χ4n) is 2.26. The average molecular weight is 368 g/mol. The highest BCUT2D eigenvalue weighted by Gasteiger charge is 2.31. The van der Waals surface area contributed by atoms with E-state index in [2.05, 4.69) is 4.74 Å². The number of aromatic nitrogens is 1. The lowest BCUT2D eigenvalue weighted by Crippen LogP contribution is -2.34. The summed E-state index contributed by atoms with van der Waals surface area (Å²) in [5.41, 5.74) is -1.46. The number of para-hydroxylation sites is 1. The first-order valence-corrected chi connectivity index (χ1v) is 7.36. The number of methoxy groups -OCH3 is 1. The van der Waals surface area contributed by atoms with Gasteiger partial charge >= 0.3 is 12.1 Å². The summed E-state index contributed by atoms with van der Waals surface area (Å²) in [6.07, 6.45) is -4.05. The first kappa shape index (κ1) is 19.2. The van der Waals surface area contributed by atoms with E-state index < -0.39 is 35.7 Å². The summed E-state index contributed by atoms with van der Waals surface area (Å²) in [6, 6.07) is 7.49. The number of benzene rings is 1. The van der Waals surface area contributed by atoms with Gasteiger partial charge in [-0.3, -0.25) is 9.59 Å². The van der Waals surface area contributed by atoms with Crippen molar-refractivity contribution in [1.82, 2.24) is 4.57 Å². The highest BCUT2D eigenvalue weighted by molar-refractivity contribution is 6.02. The van der Waals surface area contributed by atoms with Gasteiger partial charge in [-0.05, 0) is 18.2 Å². The second-order valence-electron chi connectivity index (χ2n) is 5.34. The van der Waals surface area contributed by atoms with E-state index in [4.69, 9.17) is 0 Å². The Bertz CT molecular complexity index is 890. The van der Waals surface area contributed by atoms with Crippen LogP contribution in [0.3, 0.4) is 0 Å². The second kappa shape index (κ2) is 7.42. The quantitative estimate of drug-likeness (QED) is 0.777. The molecule has 1 aromatic heterocycles. The Labute approximate surface area is 146 Å². The summed E-state index contributed by atoms with van der Waals surface area (Å²) >= 11 is 0. The molecule has 0 radical (unpaired) electrons. The zero-order valence-corrected chi connectivity index (χ0v) is 13.9. The molecule has 0 spiro atoms. The van der Waals surface area contributed by atoms with Crippen LogP contribution in [-0.2, 0) is 22.3 Å². The normalized spacial score (nSPS) is 11.1. The van der Waals surface area contributed by atoms with E-state index in [1.807, 2.05) is 0 Å². The van der Waals surface area contributed by atoms with Gasteiger partial charge in [0.15, 0.2) is 0 Å². The number of halogens is 3. The molecule has 0 aliphatic heterocycles.